The maximum Gasteiger partial charge on any atom is 0.407 e. The van der Waals surface area contributed by atoms with E-state index in [0.29, 0.717) is 24.1 Å². The molecule has 106 valence electrons. The zero-order valence-corrected chi connectivity index (χ0v) is 11.8. The minimum atomic E-state index is -0.952. The lowest BCUT2D eigenvalue weighted by atomic mass is 9.75. The predicted molar refractivity (Wildman–Crippen MR) is 75.1 cm³/mol. The Balaban J connectivity index is 1.73. The van der Waals surface area contributed by atoms with Crippen LogP contribution in [0, 0.1) is 5.41 Å². The molecular weight excluding hydrogens is 254 g/mol. The Labute approximate surface area is 118 Å². The van der Waals surface area contributed by atoms with Crippen LogP contribution in [0.2, 0.25) is 0 Å². The normalized spacial score (nSPS) is 22.0. The smallest absolute Gasteiger partial charge is 0.407 e. The van der Waals surface area contributed by atoms with Gasteiger partial charge in [0, 0.05) is 18.7 Å². The number of carbonyl (C=O) groups excluding carboxylic acids is 1. The van der Waals surface area contributed by atoms with E-state index in [0.717, 1.165) is 0 Å². The van der Waals surface area contributed by atoms with E-state index < -0.39 is 11.5 Å². The van der Waals surface area contributed by atoms with Crippen molar-refractivity contribution in [2.45, 2.75) is 32.1 Å². The largest absolute Gasteiger partial charge is 0.465 e. The molecule has 1 aromatic rings. The SMILES string of the molecule is CC1(C(=O)c2ccc(C3(C)CC3)cc2)CN(C(=O)O)C1. The highest BCUT2D eigenvalue weighted by Crippen LogP contribution is 2.47. The van der Waals surface area contributed by atoms with Crippen LogP contribution in [0.15, 0.2) is 24.3 Å². The highest BCUT2D eigenvalue weighted by atomic mass is 16.4. The Kier molecular flexibility index (Phi) is 2.68. The molecule has 0 atom stereocenters. The summed E-state index contributed by atoms with van der Waals surface area (Å²) in [5.74, 6) is 0.0440. The molecule has 4 nitrogen and oxygen atoms in total. The van der Waals surface area contributed by atoms with Crippen LogP contribution in [0.3, 0.4) is 0 Å². The monoisotopic (exact) mass is 273 g/mol. The molecule has 1 aromatic carbocycles. The molecule has 0 radical (unpaired) electrons. The average molecular weight is 273 g/mol. The number of hydrogen-bond acceptors (Lipinski definition) is 2. The molecular formula is C16H19NO3. The number of amides is 1. The van der Waals surface area contributed by atoms with Crippen molar-refractivity contribution >= 4 is 11.9 Å². The number of carbonyl (C=O) groups is 2. The van der Waals surface area contributed by atoms with Gasteiger partial charge in [0.1, 0.15) is 0 Å². The molecule has 2 aliphatic rings. The van der Waals surface area contributed by atoms with Crippen LogP contribution in [0.1, 0.15) is 42.6 Å². The van der Waals surface area contributed by atoms with Crippen LogP contribution in [0.25, 0.3) is 0 Å². The van der Waals surface area contributed by atoms with Crippen molar-refractivity contribution in [1.29, 1.82) is 0 Å². The Morgan fingerprint density at radius 3 is 2.10 bits per heavy atom. The van der Waals surface area contributed by atoms with E-state index in [1.54, 1.807) is 0 Å². The summed E-state index contributed by atoms with van der Waals surface area (Å²) in [6.07, 6.45) is 1.48. The van der Waals surface area contributed by atoms with Gasteiger partial charge in [0.25, 0.3) is 0 Å². The van der Waals surface area contributed by atoms with Gasteiger partial charge in [-0.1, -0.05) is 31.2 Å². The van der Waals surface area contributed by atoms with Crippen LogP contribution in [0.4, 0.5) is 4.79 Å². The molecule has 1 aliphatic carbocycles. The highest BCUT2D eigenvalue weighted by Gasteiger charge is 2.47. The fourth-order valence-electron chi connectivity index (χ4n) is 2.92. The fraction of sp³-hybridized carbons (Fsp3) is 0.500. The van der Waals surface area contributed by atoms with Crippen LogP contribution in [-0.2, 0) is 5.41 Å². The van der Waals surface area contributed by atoms with Gasteiger partial charge < -0.3 is 10.0 Å². The molecule has 1 saturated carbocycles. The lowest BCUT2D eigenvalue weighted by molar-refractivity contribution is 0.0237. The summed E-state index contributed by atoms with van der Waals surface area (Å²) < 4.78 is 0. The van der Waals surface area contributed by atoms with Crippen molar-refractivity contribution in [3.63, 3.8) is 0 Å². The Morgan fingerprint density at radius 2 is 1.65 bits per heavy atom. The Hall–Kier alpha value is -1.84. The molecule has 3 rings (SSSR count). The number of nitrogens with zero attached hydrogens (tertiary/aromatic N) is 1. The van der Waals surface area contributed by atoms with E-state index in [1.165, 1.54) is 23.3 Å². The number of Topliss-reactive ketones (excluding diaryl/α,β-unsaturated/α-hetero) is 1. The summed E-state index contributed by atoms with van der Waals surface area (Å²) in [4.78, 5) is 24.6. The van der Waals surface area contributed by atoms with E-state index in [4.69, 9.17) is 5.11 Å². The van der Waals surface area contributed by atoms with Gasteiger partial charge in [-0.15, -0.1) is 0 Å². The summed E-state index contributed by atoms with van der Waals surface area (Å²) in [5.41, 5.74) is 1.72. The lowest BCUT2D eigenvalue weighted by Crippen LogP contribution is -2.60. The molecule has 2 fully saturated rings. The zero-order valence-electron chi connectivity index (χ0n) is 11.8. The third kappa shape index (κ3) is 1.99. The first-order valence-corrected chi connectivity index (χ1v) is 6.97. The number of ketones is 1. The maximum absolute atomic E-state index is 12.5. The van der Waals surface area contributed by atoms with Crippen molar-refractivity contribution in [1.82, 2.24) is 4.90 Å². The first-order chi connectivity index (χ1) is 9.34. The number of carboxylic acid groups (broad SMARTS) is 1. The molecule has 4 heteroatoms. The second-order valence-electron chi connectivity index (χ2n) is 6.67. The first kappa shape index (κ1) is 13.2. The lowest BCUT2D eigenvalue weighted by Gasteiger charge is -2.45. The van der Waals surface area contributed by atoms with Crippen molar-refractivity contribution in [2.75, 3.05) is 13.1 Å². The van der Waals surface area contributed by atoms with E-state index in [2.05, 4.69) is 6.92 Å². The summed E-state index contributed by atoms with van der Waals surface area (Å²) in [6, 6.07) is 7.85. The van der Waals surface area contributed by atoms with Crippen molar-refractivity contribution in [3.8, 4) is 0 Å². The molecule has 0 unspecified atom stereocenters. The molecule has 0 bridgehead atoms. The van der Waals surface area contributed by atoms with E-state index >= 15 is 0 Å². The molecule has 20 heavy (non-hydrogen) atoms. The molecule has 1 heterocycles. The van der Waals surface area contributed by atoms with Crippen LogP contribution >= 0.6 is 0 Å². The number of benzene rings is 1. The summed E-state index contributed by atoms with van der Waals surface area (Å²) >= 11 is 0. The third-order valence-electron chi connectivity index (χ3n) is 4.74. The highest BCUT2D eigenvalue weighted by molar-refractivity contribution is 6.02. The number of hydrogen-bond donors (Lipinski definition) is 1. The summed E-state index contributed by atoms with van der Waals surface area (Å²) in [7, 11) is 0. The Morgan fingerprint density at radius 1 is 1.10 bits per heavy atom. The molecule has 1 N–H and O–H groups in total. The summed E-state index contributed by atoms with van der Waals surface area (Å²) in [5, 5.41) is 8.87. The first-order valence-electron chi connectivity index (χ1n) is 6.97. The molecule has 0 spiro atoms. The van der Waals surface area contributed by atoms with Crippen LogP contribution < -0.4 is 0 Å². The van der Waals surface area contributed by atoms with Crippen LogP contribution in [0.5, 0.6) is 0 Å². The van der Waals surface area contributed by atoms with E-state index in [1.807, 2.05) is 31.2 Å². The minimum Gasteiger partial charge on any atom is -0.465 e. The number of rotatable bonds is 3. The topological polar surface area (TPSA) is 57.6 Å². The molecule has 1 saturated heterocycles. The quantitative estimate of drug-likeness (QED) is 0.861. The standard InChI is InChI=1S/C16H19NO3/c1-15(7-8-15)12-5-3-11(4-6-12)13(18)16(2)9-17(10-16)14(19)20/h3-6H,7-10H2,1-2H3,(H,19,20). The maximum atomic E-state index is 12.5. The second kappa shape index (κ2) is 4.08. The third-order valence-corrected chi connectivity index (χ3v) is 4.74. The minimum absolute atomic E-state index is 0.0440. The van der Waals surface area contributed by atoms with E-state index in [-0.39, 0.29) is 5.78 Å². The van der Waals surface area contributed by atoms with Gasteiger partial charge in [-0.05, 0) is 30.7 Å². The Bertz CT molecular complexity index is 566. The zero-order chi connectivity index (χ0) is 14.5. The predicted octanol–water partition coefficient (Wildman–Crippen LogP) is 2.92. The second-order valence-corrected chi connectivity index (χ2v) is 6.67. The van der Waals surface area contributed by atoms with Crippen molar-refractivity contribution in [3.05, 3.63) is 35.4 Å². The van der Waals surface area contributed by atoms with Gasteiger partial charge in [-0.2, -0.15) is 0 Å². The van der Waals surface area contributed by atoms with Gasteiger partial charge in [-0.25, -0.2) is 4.79 Å². The van der Waals surface area contributed by atoms with Gasteiger partial charge in [0.2, 0.25) is 0 Å². The van der Waals surface area contributed by atoms with Crippen molar-refractivity contribution < 1.29 is 14.7 Å². The molecule has 1 amide bonds. The van der Waals surface area contributed by atoms with Crippen LogP contribution in [-0.4, -0.2) is 35.0 Å². The fourth-order valence-corrected chi connectivity index (χ4v) is 2.92. The molecule has 1 aliphatic heterocycles. The molecule has 0 aromatic heterocycles. The van der Waals surface area contributed by atoms with Gasteiger partial charge in [0.05, 0.1) is 5.41 Å². The van der Waals surface area contributed by atoms with Gasteiger partial charge in [0.15, 0.2) is 5.78 Å². The average Bonchev–Trinajstić information content (AvgIpc) is 3.13. The van der Waals surface area contributed by atoms with Crippen molar-refractivity contribution in [2.24, 2.45) is 5.41 Å². The van der Waals surface area contributed by atoms with Gasteiger partial charge >= 0.3 is 6.09 Å². The number of likely N-dealkylation sites (tertiary alicyclic amines) is 1. The van der Waals surface area contributed by atoms with Gasteiger partial charge in [-0.3, -0.25) is 4.79 Å². The summed E-state index contributed by atoms with van der Waals surface area (Å²) in [6.45, 7) is 4.66. The van der Waals surface area contributed by atoms with E-state index in [9.17, 15) is 9.59 Å².